The number of hydrogen-bond acceptors (Lipinski definition) is 2. The van der Waals surface area contributed by atoms with Crippen LogP contribution in [0.15, 0.2) is 54.6 Å². The van der Waals surface area contributed by atoms with Crippen LogP contribution in [0.2, 0.25) is 0 Å². The number of rotatable bonds is 4. The summed E-state index contributed by atoms with van der Waals surface area (Å²) in [5.41, 5.74) is 3.07. The third-order valence-corrected chi connectivity index (χ3v) is 6.67. The molecule has 4 rings (SSSR count). The zero-order chi connectivity index (χ0) is 17.3. The Bertz CT molecular complexity index is 713. The van der Waals surface area contributed by atoms with Crippen LogP contribution in [0, 0.1) is 5.92 Å². The number of piperidine rings is 1. The van der Waals surface area contributed by atoms with Crippen LogP contribution >= 0.6 is 0 Å². The zero-order valence-corrected chi connectivity index (χ0v) is 15.2. The molecule has 2 aromatic carbocycles. The van der Waals surface area contributed by atoms with Gasteiger partial charge in [0.2, 0.25) is 0 Å². The van der Waals surface area contributed by atoms with E-state index in [9.17, 15) is 5.11 Å². The minimum absolute atomic E-state index is 0.277. The number of aromatic hydroxyl groups is 1. The van der Waals surface area contributed by atoms with Gasteiger partial charge in [0, 0.05) is 12.6 Å². The van der Waals surface area contributed by atoms with Gasteiger partial charge >= 0.3 is 0 Å². The van der Waals surface area contributed by atoms with Gasteiger partial charge in [-0.1, -0.05) is 49.4 Å². The van der Waals surface area contributed by atoms with Crippen molar-refractivity contribution < 1.29 is 5.11 Å². The van der Waals surface area contributed by atoms with Crippen LogP contribution in [0.5, 0.6) is 5.75 Å². The SMILES string of the molecule is C[C@H]1CC[C@@]2(c3cccc(O)c3)CCN(CCc3ccccc3)[C@H]1C2. The van der Waals surface area contributed by atoms with Gasteiger partial charge in [-0.2, -0.15) is 0 Å². The fourth-order valence-corrected chi connectivity index (χ4v) is 5.08. The summed E-state index contributed by atoms with van der Waals surface area (Å²) in [6, 6.07) is 19.6. The molecule has 2 bridgehead atoms. The largest absolute Gasteiger partial charge is 0.508 e. The number of phenols is 1. The van der Waals surface area contributed by atoms with Gasteiger partial charge in [0.15, 0.2) is 0 Å². The van der Waals surface area contributed by atoms with Gasteiger partial charge in [0.25, 0.3) is 0 Å². The van der Waals surface area contributed by atoms with E-state index < -0.39 is 0 Å². The predicted octanol–water partition coefficient (Wildman–Crippen LogP) is 4.77. The van der Waals surface area contributed by atoms with Crippen LogP contribution in [0.4, 0.5) is 0 Å². The third kappa shape index (κ3) is 3.32. The van der Waals surface area contributed by atoms with Gasteiger partial charge in [-0.05, 0) is 73.2 Å². The average Bonchev–Trinajstić information content (AvgIpc) is 2.65. The van der Waals surface area contributed by atoms with Crippen LogP contribution < -0.4 is 0 Å². The maximum absolute atomic E-state index is 9.94. The van der Waals surface area contributed by atoms with Crippen molar-refractivity contribution in [3.63, 3.8) is 0 Å². The van der Waals surface area contributed by atoms with Crippen LogP contribution in [0.3, 0.4) is 0 Å². The molecule has 0 spiro atoms. The van der Waals surface area contributed by atoms with Gasteiger partial charge in [-0.15, -0.1) is 0 Å². The first-order chi connectivity index (χ1) is 12.2. The highest BCUT2D eigenvalue weighted by Gasteiger charge is 2.46. The van der Waals surface area contributed by atoms with Crippen molar-refractivity contribution in [2.75, 3.05) is 13.1 Å². The van der Waals surface area contributed by atoms with E-state index in [1.54, 1.807) is 6.07 Å². The molecule has 2 heteroatoms. The Kier molecular flexibility index (Phi) is 4.56. The standard InChI is InChI=1S/C23H29NO/c1-18-10-12-23(20-8-5-9-21(25)16-20)13-15-24(22(18)17-23)14-11-19-6-3-2-4-7-19/h2-9,16,18,22,25H,10-15,17H2,1H3/t18-,22-,23+/m0/s1. The highest BCUT2D eigenvalue weighted by molar-refractivity contribution is 5.34. The van der Waals surface area contributed by atoms with Gasteiger partial charge < -0.3 is 5.11 Å². The molecule has 2 aliphatic rings. The molecule has 0 radical (unpaired) electrons. The number of likely N-dealkylation sites (tertiary alicyclic amines) is 1. The highest BCUT2D eigenvalue weighted by atomic mass is 16.3. The molecule has 25 heavy (non-hydrogen) atoms. The van der Waals surface area contributed by atoms with E-state index in [1.807, 2.05) is 12.1 Å². The van der Waals surface area contributed by atoms with Gasteiger partial charge in [0.1, 0.15) is 5.75 Å². The lowest BCUT2D eigenvalue weighted by atomic mass is 9.61. The van der Waals surface area contributed by atoms with Crippen molar-refractivity contribution >= 4 is 0 Å². The van der Waals surface area contributed by atoms with Crippen molar-refractivity contribution in [2.24, 2.45) is 5.92 Å². The van der Waals surface area contributed by atoms with E-state index in [0.29, 0.717) is 11.8 Å². The summed E-state index contributed by atoms with van der Waals surface area (Å²) in [6.07, 6.45) is 6.16. The summed E-state index contributed by atoms with van der Waals surface area (Å²) in [6.45, 7) is 4.77. The number of nitrogens with zero attached hydrogens (tertiary/aromatic N) is 1. The van der Waals surface area contributed by atoms with Crippen LogP contribution in [-0.2, 0) is 11.8 Å². The van der Waals surface area contributed by atoms with E-state index in [2.05, 4.69) is 48.2 Å². The van der Waals surface area contributed by atoms with E-state index >= 15 is 0 Å². The van der Waals surface area contributed by atoms with Crippen molar-refractivity contribution in [1.82, 2.24) is 4.90 Å². The lowest BCUT2D eigenvalue weighted by molar-refractivity contribution is 0.0183. The number of fused-ring (bicyclic) bond motifs is 2. The summed E-state index contributed by atoms with van der Waals surface area (Å²) < 4.78 is 0. The van der Waals surface area contributed by atoms with Crippen molar-refractivity contribution in [3.8, 4) is 5.75 Å². The maximum Gasteiger partial charge on any atom is 0.115 e. The van der Waals surface area contributed by atoms with Crippen LogP contribution in [-0.4, -0.2) is 29.1 Å². The minimum atomic E-state index is 0.277. The fourth-order valence-electron chi connectivity index (χ4n) is 5.08. The Morgan fingerprint density at radius 1 is 1.08 bits per heavy atom. The van der Waals surface area contributed by atoms with E-state index in [4.69, 9.17) is 0 Å². The molecule has 1 aliphatic heterocycles. The van der Waals surface area contributed by atoms with Crippen molar-refractivity contribution in [1.29, 1.82) is 0 Å². The Hall–Kier alpha value is -1.80. The summed E-state index contributed by atoms with van der Waals surface area (Å²) >= 11 is 0. The average molecular weight is 335 g/mol. The minimum Gasteiger partial charge on any atom is -0.508 e. The quantitative estimate of drug-likeness (QED) is 0.870. The molecule has 1 aliphatic carbocycles. The van der Waals surface area contributed by atoms with Gasteiger partial charge in [-0.25, -0.2) is 0 Å². The van der Waals surface area contributed by atoms with Crippen molar-refractivity contribution in [3.05, 3.63) is 65.7 Å². The fraction of sp³-hybridized carbons (Fsp3) is 0.478. The molecule has 3 atom stereocenters. The van der Waals surface area contributed by atoms with Crippen LogP contribution in [0.1, 0.15) is 43.7 Å². The van der Waals surface area contributed by atoms with Crippen LogP contribution in [0.25, 0.3) is 0 Å². The molecule has 1 saturated heterocycles. The smallest absolute Gasteiger partial charge is 0.115 e. The molecule has 0 aromatic heterocycles. The molecule has 1 saturated carbocycles. The maximum atomic E-state index is 9.94. The first-order valence-electron chi connectivity index (χ1n) is 9.74. The predicted molar refractivity (Wildman–Crippen MR) is 103 cm³/mol. The highest BCUT2D eigenvalue weighted by Crippen LogP contribution is 2.49. The molecular weight excluding hydrogens is 306 g/mol. The molecule has 2 fully saturated rings. The van der Waals surface area contributed by atoms with Crippen molar-refractivity contribution in [2.45, 2.75) is 50.5 Å². The summed E-state index contributed by atoms with van der Waals surface area (Å²) in [7, 11) is 0. The number of benzene rings is 2. The first-order valence-corrected chi connectivity index (χ1v) is 9.74. The molecule has 1 N–H and O–H groups in total. The Morgan fingerprint density at radius 3 is 2.72 bits per heavy atom. The first kappa shape index (κ1) is 16.7. The summed E-state index contributed by atoms with van der Waals surface area (Å²) in [4.78, 5) is 2.73. The number of phenolic OH excluding ortho intramolecular Hbond substituents is 1. The lowest BCUT2D eigenvalue weighted by Gasteiger charge is -2.53. The van der Waals surface area contributed by atoms with E-state index in [-0.39, 0.29) is 5.41 Å². The van der Waals surface area contributed by atoms with Gasteiger partial charge in [-0.3, -0.25) is 4.90 Å². The monoisotopic (exact) mass is 335 g/mol. The summed E-state index contributed by atoms with van der Waals surface area (Å²) in [5.74, 6) is 1.18. The molecule has 1 heterocycles. The normalized spacial score (nSPS) is 29.5. The zero-order valence-electron chi connectivity index (χ0n) is 15.2. The molecule has 2 aromatic rings. The molecule has 0 amide bonds. The summed E-state index contributed by atoms with van der Waals surface area (Å²) in [5, 5.41) is 9.94. The molecular formula is C23H29NO. The van der Waals surface area contributed by atoms with Gasteiger partial charge in [0.05, 0.1) is 0 Å². The third-order valence-electron chi connectivity index (χ3n) is 6.67. The number of hydrogen-bond donors (Lipinski definition) is 1. The molecule has 132 valence electrons. The Labute approximate surface area is 151 Å². The van der Waals surface area contributed by atoms with E-state index in [1.165, 1.54) is 43.4 Å². The Balaban J connectivity index is 1.50. The molecule has 0 unspecified atom stereocenters. The second-order valence-corrected chi connectivity index (χ2v) is 8.14. The second-order valence-electron chi connectivity index (χ2n) is 8.14. The molecule has 2 nitrogen and oxygen atoms in total. The topological polar surface area (TPSA) is 23.5 Å². The Morgan fingerprint density at radius 2 is 1.92 bits per heavy atom. The van der Waals surface area contributed by atoms with E-state index in [0.717, 1.165) is 18.9 Å². The second kappa shape index (κ2) is 6.84. The lowest BCUT2D eigenvalue weighted by Crippen LogP contribution is -2.55.